The minimum atomic E-state index is -0.0894. The zero-order valence-electron chi connectivity index (χ0n) is 16.9. The molecule has 2 heterocycles. The van der Waals surface area contributed by atoms with Crippen LogP contribution in [0.25, 0.3) is 11.1 Å². The molecular formula is C24H22N2O4. The van der Waals surface area contributed by atoms with Crippen LogP contribution >= 0.6 is 0 Å². The lowest BCUT2D eigenvalue weighted by Crippen LogP contribution is -2.21. The Bertz CT molecular complexity index is 1090. The third kappa shape index (κ3) is 4.03. The van der Waals surface area contributed by atoms with E-state index in [1.807, 2.05) is 30.3 Å². The Kier molecular flexibility index (Phi) is 5.48. The first-order valence-corrected chi connectivity index (χ1v) is 9.71. The number of hydrogen-bond donors (Lipinski definition) is 0. The summed E-state index contributed by atoms with van der Waals surface area (Å²) >= 11 is 0. The van der Waals surface area contributed by atoms with Gasteiger partial charge in [0, 0.05) is 50.1 Å². The molecule has 0 unspecified atom stereocenters. The Labute approximate surface area is 175 Å². The van der Waals surface area contributed by atoms with Gasteiger partial charge in [-0.1, -0.05) is 12.1 Å². The van der Waals surface area contributed by atoms with E-state index in [-0.39, 0.29) is 11.7 Å². The van der Waals surface area contributed by atoms with Crippen molar-refractivity contribution in [1.29, 1.82) is 0 Å². The highest BCUT2D eigenvalue weighted by atomic mass is 16.5. The summed E-state index contributed by atoms with van der Waals surface area (Å²) in [6, 6.07) is 14.7. The summed E-state index contributed by atoms with van der Waals surface area (Å²) in [6.45, 7) is 0.709. The van der Waals surface area contributed by atoms with E-state index in [4.69, 9.17) is 9.47 Å². The molecule has 0 saturated heterocycles. The van der Waals surface area contributed by atoms with Crippen molar-refractivity contribution in [1.82, 2.24) is 9.88 Å². The van der Waals surface area contributed by atoms with E-state index in [2.05, 4.69) is 4.98 Å². The summed E-state index contributed by atoms with van der Waals surface area (Å²) < 4.78 is 11.8. The predicted molar refractivity (Wildman–Crippen MR) is 113 cm³/mol. The lowest BCUT2D eigenvalue weighted by atomic mass is 9.96. The lowest BCUT2D eigenvalue weighted by Gasteiger charge is -2.20. The highest BCUT2D eigenvalue weighted by molar-refractivity contribution is 6.02. The topological polar surface area (TPSA) is 68.7 Å². The van der Waals surface area contributed by atoms with E-state index < -0.39 is 0 Å². The number of ketones is 1. The first kappa shape index (κ1) is 19.6. The second-order valence-corrected chi connectivity index (χ2v) is 7.29. The molecule has 1 aliphatic heterocycles. The maximum atomic E-state index is 12.4. The third-order valence-electron chi connectivity index (χ3n) is 4.94. The first-order chi connectivity index (χ1) is 14.5. The lowest BCUT2D eigenvalue weighted by molar-refractivity contribution is 0.0827. The fourth-order valence-corrected chi connectivity index (χ4v) is 3.35. The molecule has 6 nitrogen and oxygen atoms in total. The minimum Gasteiger partial charge on any atom is -0.492 e. The summed E-state index contributed by atoms with van der Waals surface area (Å²) in [7, 11) is 3.43. The fourth-order valence-electron chi connectivity index (χ4n) is 3.35. The van der Waals surface area contributed by atoms with Crippen LogP contribution in [-0.4, -0.2) is 42.3 Å². The summed E-state index contributed by atoms with van der Waals surface area (Å²) in [5, 5.41) is 0. The highest BCUT2D eigenvalue weighted by Gasteiger charge is 2.23. The molecular weight excluding hydrogens is 380 g/mol. The number of aromatic nitrogens is 1. The number of carbonyl (C=O) groups excluding carboxylic acids is 2. The number of fused-ring (bicyclic) bond motifs is 1. The molecule has 0 spiro atoms. The van der Waals surface area contributed by atoms with E-state index in [0.717, 1.165) is 16.7 Å². The molecule has 0 atom stereocenters. The molecule has 0 saturated carbocycles. The smallest absolute Gasteiger partial charge is 0.253 e. The maximum absolute atomic E-state index is 12.4. The molecule has 3 aromatic rings. The SMILES string of the molecule is CN(C)C(=O)c1cccc(-c2cc3c(cc2OCc2ccncc2)OCCC3=O)c1. The van der Waals surface area contributed by atoms with E-state index in [0.29, 0.717) is 42.3 Å². The molecule has 1 amide bonds. The fraction of sp³-hybridized carbons (Fsp3) is 0.208. The normalized spacial score (nSPS) is 12.7. The number of rotatable bonds is 5. The molecule has 0 bridgehead atoms. The van der Waals surface area contributed by atoms with Gasteiger partial charge in [0.2, 0.25) is 0 Å². The Morgan fingerprint density at radius 1 is 1.10 bits per heavy atom. The van der Waals surface area contributed by atoms with Crippen LogP contribution in [-0.2, 0) is 6.61 Å². The molecule has 2 aromatic carbocycles. The van der Waals surface area contributed by atoms with Crippen LogP contribution in [0.3, 0.4) is 0 Å². The quantitative estimate of drug-likeness (QED) is 0.645. The van der Waals surface area contributed by atoms with Crippen molar-refractivity contribution in [2.75, 3.05) is 20.7 Å². The highest BCUT2D eigenvalue weighted by Crippen LogP contribution is 2.39. The van der Waals surface area contributed by atoms with Crippen molar-refractivity contribution in [2.45, 2.75) is 13.0 Å². The Morgan fingerprint density at radius 2 is 1.90 bits per heavy atom. The van der Waals surface area contributed by atoms with Gasteiger partial charge in [0.15, 0.2) is 5.78 Å². The van der Waals surface area contributed by atoms with Gasteiger partial charge in [-0.05, 0) is 41.5 Å². The van der Waals surface area contributed by atoms with Crippen LogP contribution < -0.4 is 9.47 Å². The largest absolute Gasteiger partial charge is 0.492 e. The van der Waals surface area contributed by atoms with Gasteiger partial charge in [0.1, 0.15) is 18.1 Å². The number of Topliss-reactive ketones (excluding diaryl/α,β-unsaturated/α-hetero) is 1. The Balaban J connectivity index is 1.77. The van der Waals surface area contributed by atoms with E-state index >= 15 is 0 Å². The van der Waals surface area contributed by atoms with Gasteiger partial charge >= 0.3 is 0 Å². The number of amides is 1. The average Bonchev–Trinajstić information content (AvgIpc) is 2.77. The Hall–Kier alpha value is -3.67. The first-order valence-electron chi connectivity index (χ1n) is 9.71. The predicted octanol–water partition coefficient (Wildman–Crippen LogP) is 3.99. The monoisotopic (exact) mass is 402 g/mol. The molecule has 4 rings (SSSR count). The van der Waals surface area contributed by atoms with Crippen LogP contribution in [0.1, 0.15) is 32.7 Å². The van der Waals surface area contributed by atoms with E-state index in [1.54, 1.807) is 44.7 Å². The molecule has 0 fully saturated rings. The van der Waals surface area contributed by atoms with E-state index in [9.17, 15) is 9.59 Å². The average molecular weight is 402 g/mol. The van der Waals surface area contributed by atoms with Crippen LogP contribution in [0.15, 0.2) is 60.9 Å². The molecule has 1 aliphatic rings. The van der Waals surface area contributed by atoms with Gasteiger partial charge in [-0.15, -0.1) is 0 Å². The van der Waals surface area contributed by atoms with Crippen molar-refractivity contribution in [3.63, 3.8) is 0 Å². The van der Waals surface area contributed by atoms with Crippen molar-refractivity contribution in [2.24, 2.45) is 0 Å². The van der Waals surface area contributed by atoms with Crippen LogP contribution in [0.2, 0.25) is 0 Å². The van der Waals surface area contributed by atoms with Crippen LogP contribution in [0.4, 0.5) is 0 Å². The minimum absolute atomic E-state index is 0.0405. The number of benzene rings is 2. The summed E-state index contributed by atoms with van der Waals surface area (Å²) in [4.78, 5) is 30.4. The van der Waals surface area contributed by atoms with E-state index in [1.165, 1.54) is 4.90 Å². The molecule has 0 aliphatic carbocycles. The van der Waals surface area contributed by atoms with Crippen molar-refractivity contribution in [3.8, 4) is 22.6 Å². The summed E-state index contributed by atoms with van der Waals surface area (Å²) in [5.41, 5.74) is 3.63. The number of pyridine rings is 1. The van der Waals surface area contributed by atoms with Gasteiger partial charge in [-0.2, -0.15) is 0 Å². The molecule has 6 heteroatoms. The number of carbonyl (C=O) groups is 2. The Morgan fingerprint density at radius 3 is 2.67 bits per heavy atom. The molecule has 30 heavy (non-hydrogen) atoms. The zero-order chi connectivity index (χ0) is 21.1. The van der Waals surface area contributed by atoms with Crippen molar-refractivity contribution < 1.29 is 19.1 Å². The summed E-state index contributed by atoms with van der Waals surface area (Å²) in [6.07, 6.45) is 3.78. The van der Waals surface area contributed by atoms with Crippen LogP contribution in [0.5, 0.6) is 11.5 Å². The second kappa shape index (κ2) is 8.37. The van der Waals surface area contributed by atoms with Crippen molar-refractivity contribution in [3.05, 3.63) is 77.6 Å². The van der Waals surface area contributed by atoms with Gasteiger partial charge in [0.25, 0.3) is 5.91 Å². The second-order valence-electron chi connectivity index (χ2n) is 7.29. The van der Waals surface area contributed by atoms with Gasteiger partial charge in [0.05, 0.1) is 12.2 Å². The van der Waals surface area contributed by atoms with Crippen molar-refractivity contribution >= 4 is 11.7 Å². The summed E-state index contributed by atoms with van der Waals surface area (Å²) in [5.74, 6) is 1.07. The molecule has 0 radical (unpaired) electrons. The third-order valence-corrected chi connectivity index (χ3v) is 4.94. The molecule has 152 valence electrons. The molecule has 1 aromatic heterocycles. The van der Waals surface area contributed by atoms with Gasteiger partial charge in [-0.3, -0.25) is 14.6 Å². The number of hydrogen-bond acceptors (Lipinski definition) is 5. The number of ether oxygens (including phenoxy) is 2. The standard InChI is InChI=1S/C24H22N2O4/c1-26(2)24(28)18-5-3-4-17(12-18)19-13-20-21(27)8-11-29-23(20)14-22(19)30-15-16-6-9-25-10-7-16/h3-7,9-10,12-14H,8,11,15H2,1-2H3. The zero-order valence-corrected chi connectivity index (χ0v) is 16.9. The molecule has 0 N–H and O–H groups in total. The van der Waals surface area contributed by atoms with Crippen LogP contribution in [0, 0.1) is 0 Å². The van der Waals surface area contributed by atoms with Gasteiger partial charge < -0.3 is 14.4 Å². The number of nitrogens with zero attached hydrogens (tertiary/aromatic N) is 2. The van der Waals surface area contributed by atoms with Gasteiger partial charge in [-0.25, -0.2) is 0 Å². The maximum Gasteiger partial charge on any atom is 0.253 e.